The van der Waals surface area contributed by atoms with E-state index in [1.807, 2.05) is 12.4 Å². The van der Waals surface area contributed by atoms with Crippen LogP contribution in [0.1, 0.15) is 74.4 Å². The van der Waals surface area contributed by atoms with Gasteiger partial charge in [0.25, 0.3) is 0 Å². The van der Waals surface area contributed by atoms with Crippen LogP contribution in [-0.2, 0) is 19.5 Å². The Kier molecular flexibility index (Phi) is 8.53. The zero-order chi connectivity index (χ0) is 26.4. The van der Waals surface area contributed by atoms with E-state index in [0.29, 0.717) is 6.04 Å². The summed E-state index contributed by atoms with van der Waals surface area (Å²) in [6.07, 6.45) is 14.8. The number of unbranched alkanes of at least 4 members (excludes halogenated alkanes) is 1. The molecule has 2 aliphatic rings. The molecule has 0 spiro atoms. The second kappa shape index (κ2) is 12.6. The predicted octanol–water partition coefficient (Wildman–Crippen LogP) is 5.98. The summed E-state index contributed by atoms with van der Waals surface area (Å²) in [6, 6.07) is 15.8. The third-order valence-corrected chi connectivity index (χ3v) is 9.07. The lowest BCUT2D eigenvalue weighted by Crippen LogP contribution is -2.33. The molecule has 0 amide bonds. The highest BCUT2D eigenvalue weighted by Crippen LogP contribution is 2.36. The molecule has 0 unspecified atom stereocenters. The first-order chi connectivity index (χ1) is 19.3. The average Bonchev–Trinajstić information content (AvgIpc) is 3.31. The Hall–Kier alpha value is -2.80. The van der Waals surface area contributed by atoms with E-state index in [4.69, 9.17) is 15.7 Å². The maximum atomic E-state index is 5.91. The van der Waals surface area contributed by atoms with Crippen LogP contribution in [0.3, 0.4) is 0 Å². The highest BCUT2D eigenvalue weighted by Gasteiger charge is 2.28. The van der Waals surface area contributed by atoms with E-state index in [1.165, 1.54) is 84.0 Å². The third kappa shape index (κ3) is 5.74. The van der Waals surface area contributed by atoms with E-state index in [0.717, 1.165) is 57.8 Å². The van der Waals surface area contributed by atoms with Crippen LogP contribution >= 0.6 is 0 Å². The number of rotatable bonds is 11. The lowest BCUT2D eigenvalue weighted by atomic mass is 9.90. The fourth-order valence-electron chi connectivity index (χ4n) is 7.07. The number of fused-ring (bicyclic) bond motifs is 4. The Labute approximate surface area is 233 Å². The fraction of sp³-hybridized carbons (Fsp3) is 0.515. The van der Waals surface area contributed by atoms with Gasteiger partial charge in [-0.1, -0.05) is 24.3 Å². The lowest BCUT2D eigenvalue weighted by Gasteiger charge is -2.35. The van der Waals surface area contributed by atoms with Crippen molar-refractivity contribution in [1.29, 1.82) is 0 Å². The molecule has 0 saturated carbocycles. The van der Waals surface area contributed by atoms with Gasteiger partial charge in [-0.25, -0.2) is 0 Å². The summed E-state index contributed by atoms with van der Waals surface area (Å²) in [5, 5.41) is 6.19. The van der Waals surface area contributed by atoms with E-state index in [2.05, 4.69) is 57.2 Å². The molecule has 0 bridgehead atoms. The van der Waals surface area contributed by atoms with Gasteiger partial charge in [0.1, 0.15) is 0 Å². The molecule has 3 aromatic heterocycles. The summed E-state index contributed by atoms with van der Waals surface area (Å²) in [5.74, 6) is 0.855. The highest BCUT2D eigenvalue weighted by molar-refractivity contribution is 6.08. The smallest absolute Gasteiger partial charge is 0.0786 e. The Balaban J connectivity index is 1.34. The summed E-state index contributed by atoms with van der Waals surface area (Å²) in [4.78, 5) is 12.6. The predicted molar refractivity (Wildman–Crippen MR) is 161 cm³/mol. The zero-order valence-corrected chi connectivity index (χ0v) is 23.3. The number of piperidine rings is 1. The van der Waals surface area contributed by atoms with Crippen LogP contribution in [0.25, 0.3) is 21.8 Å². The molecule has 206 valence electrons. The number of aryl methyl sites for hydroxylation is 2. The minimum absolute atomic E-state index is 0.336. The Bertz CT molecular complexity index is 1370. The molecular weight excluding hydrogens is 480 g/mol. The first kappa shape index (κ1) is 26.4. The van der Waals surface area contributed by atoms with Crippen LogP contribution in [0.4, 0.5) is 0 Å². The molecule has 4 aromatic rings. The topological polar surface area (TPSA) is 72.0 Å². The van der Waals surface area contributed by atoms with E-state index < -0.39 is 0 Å². The number of hydrogen-bond donors (Lipinski definition) is 2. The number of hydrogen-bond acceptors (Lipinski definition) is 5. The van der Waals surface area contributed by atoms with Crippen molar-refractivity contribution in [3.63, 3.8) is 0 Å². The average molecular weight is 525 g/mol. The van der Waals surface area contributed by atoms with Crippen molar-refractivity contribution in [3.05, 3.63) is 71.8 Å². The highest BCUT2D eigenvalue weighted by atomic mass is 15.2. The molecule has 6 nitrogen and oxygen atoms in total. The van der Waals surface area contributed by atoms with Crippen molar-refractivity contribution in [2.45, 2.75) is 76.9 Å². The van der Waals surface area contributed by atoms with Crippen molar-refractivity contribution in [2.24, 2.45) is 11.7 Å². The van der Waals surface area contributed by atoms with Gasteiger partial charge in [-0.05, 0) is 114 Å². The molecule has 1 saturated heterocycles. The third-order valence-electron chi connectivity index (χ3n) is 9.07. The van der Waals surface area contributed by atoms with E-state index in [-0.39, 0.29) is 0 Å². The minimum Gasteiger partial charge on any atom is -0.339 e. The van der Waals surface area contributed by atoms with Gasteiger partial charge in [-0.2, -0.15) is 0 Å². The van der Waals surface area contributed by atoms with Gasteiger partial charge in [0.15, 0.2) is 0 Å². The normalized spacial score (nSPS) is 18.3. The summed E-state index contributed by atoms with van der Waals surface area (Å²) in [6.45, 7) is 6.00. The van der Waals surface area contributed by atoms with Crippen molar-refractivity contribution in [3.8, 4) is 0 Å². The summed E-state index contributed by atoms with van der Waals surface area (Å²) < 4.78 is 2.58. The van der Waals surface area contributed by atoms with Crippen molar-refractivity contribution < 1.29 is 0 Å². The molecule has 3 N–H and O–H groups in total. The monoisotopic (exact) mass is 524 g/mol. The standard InChI is InChI=1S/C33H44N6/c34-17-3-4-22-38(31-13-5-9-26-10-6-18-37-32(26)31)24-29-33-28(16-21-36-29)27-11-1-2-12-30(27)39(33)23-7-8-25-14-19-35-20-15-25/h1-2,6,10-12,16,18,21,25,31,35H,3-5,7-9,13-15,17,19-20,22-24,34H2/t31-/m0/s1. The van der Waals surface area contributed by atoms with Crippen LogP contribution in [0.2, 0.25) is 0 Å². The van der Waals surface area contributed by atoms with E-state index in [1.54, 1.807) is 0 Å². The molecule has 1 aliphatic heterocycles. The van der Waals surface area contributed by atoms with Crippen LogP contribution in [-0.4, -0.2) is 45.6 Å². The quantitative estimate of drug-likeness (QED) is 0.236. The second-order valence-electron chi connectivity index (χ2n) is 11.6. The molecule has 0 radical (unpaired) electrons. The molecule has 39 heavy (non-hydrogen) atoms. The van der Waals surface area contributed by atoms with Gasteiger partial charge < -0.3 is 15.6 Å². The molecule has 6 rings (SSSR count). The lowest BCUT2D eigenvalue weighted by molar-refractivity contribution is 0.161. The van der Waals surface area contributed by atoms with Gasteiger partial charge in [-0.3, -0.25) is 14.9 Å². The number of nitrogens with zero attached hydrogens (tertiary/aromatic N) is 4. The fourth-order valence-corrected chi connectivity index (χ4v) is 7.07. The Morgan fingerprint density at radius 3 is 2.72 bits per heavy atom. The summed E-state index contributed by atoms with van der Waals surface area (Å²) >= 11 is 0. The zero-order valence-electron chi connectivity index (χ0n) is 23.3. The van der Waals surface area contributed by atoms with Gasteiger partial charge in [0.05, 0.1) is 22.9 Å². The van der Waals surface area contributed by atoms with Crippen molar-refractivity contribution >= 4 is 21.8 Å². The maximum Gasteiger partial charge on any atom is 0.0786 e. The van der Waals surface area contributed by atoms with E-state index >= 15 is 0 Å². The van der Waals surface area contributed by atoms with Crippen LogP contribution in [0.15, 0.2) is 54.9 Å². The first-order valence-corrected chi connectivity index (χ1v) is 15.3. The number of para-hydroxylation sites is 1. The van der Waals surface area contributed by atoms with Gasteiger partial charge >= 0.3 is 0 Å². The molecular formula is C33H44N6. The Morgan fingerprint density at radius 2 is 1.82 bits per heavy atom. The van der Waals surface area contributed by atoms with Gasteiger partial charge in [0, 0.05) is 41.8 Å². The largest absolute Gasteiger partial charge is 0.339 e. The van der Waals surface area contributed by atoms with Gasteiger partial charge in [0.2, 0.25) is 0 Å². The Morgan fingerprint density at radius 1 is 0.923 bits per heavy atom. The number of pyridine rings is 2. The molecule has 1 atom stereocenters. The summed E-state index contributed by atoms with van der Waals surface area (Å²) in [7, 11) is 0. The summed E-state index contributed by atoms with van der Waals surface area (Å²) in [5.41, 5.74) is 12.5. The molecule has 1 aliphatic carbocycles. The number of aromatic nitrogens is 3. The van der Waals surface area contributed by atoms with E-state index in [9.17, 15) is 0 Å². The minimum atomic E-state index is 0.336. The number of benzene rings is 1. The second-order valence-corrected chi connectivity index (χ2v) is 11.6. The SMILES string of the molecule is NCCCCN(Cc1nccc2c3ccccc3n(CCCC3CCNCC3)c12)[C@H]1CCCc2cccnc21. The van der Waals surface area contributed by atoms with Crippen LogP contribution < -0.4 is 11.1 Å². The van der Waals surface area contributed by atoms with Crippen LogP contribution in [0, 0.1) is 5.92 Å². The molecule has 1 aromatic carbocycles. The van der Waals surface area contributed by atoms with Gasteiger partial charge in [-0.15, -0.1) is 0 Å². The van der Waals surface area contributed by atoms with Crippen molar-refractivity contribution in [1.82, 2.24) is 24.8 Å². The number of nitrogens with two attached hydrogens (primary N) is 1. The number of nitrogens with one attached hydrogen (secondary N) is 1. The maximum absolute atomic E-state index is 5.91. The van der Waals surface area contributed by atoms with Crippen molar-refractivity contribution in [2.75, 3.05) is 26.2 Å². The molecule has 1 fully saturated rings. The molecule has 4 heterocycles. The first-order valence-electron chi connectivity index (χ1n) is 15.3. The van der Waals surface area contributed by atoms with Crippen LogP contribution in [0.5, 0.6) is 0 Å². The molecule has 6 heteroatoms.